The van der Waals surface area contributed by atoms with Crippen LogP contribution in [0.2, 0.25) is 0 Å². The monoisotopic (exact) mass is 294 g/mol. The minimum absolute atomic E-state index is 0.0174. The number of carbonyl (C=O) groups excluding carboxylic acids is 2. The molecule has 0 spiro atoms. The largest absolute Gasteiger partial charge is 0.345 e. The SMILES string of the molecule is CN1CCCN(Cc2cc(C(=O)NN)ccc2F)CC1=O. The first kappa shape index (κ1) is 15.4. The molecule has 21 heavy (non-hydrogen) atoms. The number of nitrogens with one attached hydrogen (secondary N) is 1. The minimum Gasteiger partial charge on any atom is -0.345 e. The van der Waals surface area contributed by atoms with Gasteiger partial charge >= 0.3 is 0 Å². The lowest BCUT2D eigenvalue weighted by Crippen LogP contribution is -2.34. The number of nitrogens with zero attached hydrogens (tertiary/aromatic N) is 2. The van der Waals surface area contributed by atoms with Crippen LogP contribution in [0.3, 0.4) is 0 Å². The molecule has 2 rings (SSSR count). The molecule has 0 aliphatic carbocycles. The average molecular weight is 294 g/mol. The summed E-state index contributed by atoms with van der Waals surface area (Å²) in [6, 6.07) is 4.09. The van der Waals surface area contributed by atoms with E-state index in [-0.39, 0.29) is 19.0 Å². The Morgan fingerprint density at radius 3 is 2.90 bits per heavy atom. The molecule has 1 aromatic rings. The summed E-state index contributed by atoms with van der Waals surface area (Å²) in [4.78, 5) is 26.9. The molecule has 1 saturated heterocycles. The molecule has 7 heteroatoms. The number of likely N-dealkylation sites (N-methyl/N-ethyl adjacent to an activating group) is 1. The lowest BCUT2D eigenvalue weighted by Gasteiger charge is -2.20. The minimum atomic E-state index is -0.470. The number of hydrogen-bond acceptors (Lipinski definition) is 4. The standard InChI is InChI=1S/C14H19FN4O2/c1-18-5-2-6-19(9-13(18)20)8-11-7-10(14(21)17-16)3-4-12(11)15/h3-4,7H,2,5-6,8-9,16H2,1H3,(H,17,21). The number of amides is 2. The van der Waals surface area contributed by atoms with Crippen LogP contribution in [0.4, 0.5) is 4.39 Å². The first-order valence-electron chi connectivity index (χ1n) is 6.77. The zero-order valence-corrected chi connectivity index (χ0v) is 11.9. The summed E-state index contributed by atoms with van der Waals surface area (Å²) in [5.74, 6) is 4.23. The Labute approximate surface area is 122 Å². The molecule has 114 valence electrons. The summed E-state index contributed by atoms with van der Waals surface area (Å²) in [6.45, 7) is 1.95. The number of nitrogen functional groups attached to an aromatic ring is 1. The van der Waals surface area contributed by atoms with Crippen LogP contribution < -0.4 is 11.3 Å². The third kappa shape index (κ3) is 3.77. The van der Waals surface area contributed by atoms with Crippen LogP contribution >= 0.6 is 0 Å². The number of carbonyl (C=O) groups is 2. The molecular formula is C14H19FN4O2. The number of hydrazine groups is 1. The quantitative estimate of drug-likeness (QED) is 0.470. The van der Waals surface area contributed by atoms with Gasteiger partial charge in [0.2, 0.25) is 5.91 Å². The van der Waals surface area contributed by atoms with Crippen molar-refractivity contribution in [2.45, 2.75) is 13.0 Å². The molecule has 0 aromatic heterocycles. The first-order valence-corrected chi connectivity index (χ1v) is 6.77. The zero-order chi connectivity index (χ0) is 15.4. The van der Waals surface area contributed by atoms with E-state index in [1.54, 1.807) is 11.9 Å². The van der Waals surface area contributed by atoms with Crippen LogP contribution in [0.1, 0.15) is 22.3 Å². The summed E-state index contributed by atoms with van der Waals surface area (Å²) in [5.41, 5.74) is 2.70. The van der Waals surface area contributed by atoms with Crippen molar-refractivity contribution >= 4 is 11.8 Å². The normalized spacial score (nSPS) is 16.7. The second-order valence-corrected chi connectivity index (χ2v) is 5.16. The van der Waals surface area contributed by atoms with E-state index < -0.39 is 11.7 Å². The van der Waals surface area contributed by atoms with Crippen LogP contribution in [0.25, 0.3) is 0 Å². The van der Waals surface area contributed by atoms with Gasteiger partial charge in [0, 0.05) is 37.8 Å². The van der Waals surface area contributed by atoms with Crippen molar-refractivity contribution < 1.29 is 14.0 Å². The highest BCUT2D eigenvalue weighted by molar-refractivity contribution is 5.93. The maximum Gasteiger partial charge on any atom is 0.265 e. The van der Waals surface area contributed by atoms with Gasteiger partial charge in [0.1, 0.15) is 5.82 Å². The van der Waals surface area contributed by atoms with Crippen molar-refractivity contribution in [3.8, 4) is 0 Å². The summed E-state index contributed by atoms with van der Waals surface area (Å²) in [7, 11) is 1.76. The highest BCUT2D eigenvalue weighted by Gasteiger charge is 2.20. The van der Waals surface area contributed by atoms with Gasteiger partial charge in [-0.1, -0.05) is 0 Å². The van der Waals surface area contributed by atoms with Crippen LogP contribution in [0.15, 0.2) is 18.2 Å². The van der Waals surface area contributed by atoms with Crippen molar-refractivity contribution in [3.05, 3.63) is 35.1 Å². The van der Waals surface area contributed by atoms with Gasteiger partial charge in [0.15, 0.2) is 0 Å². The van der Waals surface area contributed by atoms with Gasteiger partial charge in [-0.15, -0.1) is 0 Å². The van der Waals surface area contributed by atoms with E-state index in [0.29, 0.717) is 24.2 Å². The van der Waals surface area contributed by atoms with Crippen LogP contribution in [-0.2, 0) is 11.3 Å². The Morgan fingerprint density at radius 2 is 2.19 bits per heavy atom. The second kappa shape index (κ2) is 6.64. The molecule has 0 unspecified atom stereocenters. The fraction of sp³-hybridized carbons (Fsp3) is 0.429. The van der Waals surface area contributed by atoms with Crippen molar-refractivity contribution in [2.24, 2.45) is 5.84 Å². The third-order valence-electron chi connectivity index (χ3n) is 3.59. The molecule has 0 atom stereocenters. The van der Waals surface area contributed by atoms with E-state index in [9.17, 15) is 14.0 Å². The summed E-state index contributed by atoms with van der Waals surface area (Å²) < 4.78 is 13.9. The summed E-state index contributed by atoms with van der Waals surface area (Å²) in [5, 5.41) is 0. The molecule has 0 radical (unpaired) electrons. The zero-order valence-electron chi connectivity index (χ0n) is 11.9. The Morgan fingerprint density at radius 1 is 1.43 bits per heavy atom. The fourth-order valence-corrected chi connectivity index (χ4v) is 2.34. The lowest BCUT2D eigenvalue weighted by atomic mass is 10.1. The van der Waals surface area contributed by atoms with Crippen LogP contribution in [0, 0.1) is 5.82 Å². The Hall–Kier alpha value is -1.99. The van der Waals surface area contributed by atoms with E-state index in [1.165, 1.54) is 18.2 Å². The number of nitrogens with two attached hydrogens (primary N) is 1. The molecule has 1 fully saturated rings. The predicted octanol–water partition coefficient (Wildman–Crippen LogP) is 0.0933. The molecule has 6 nitrogen and oxygen atoms in total. The van der Waals surface area contributed by atoms with Gasteiger partial charge in [-0.2, -0.15) is 0 Å². The van der Waals surface area contributed by atoms with Crippen molar-refractivity contribution in [2.75, 3.05) is 26.7 Å². The van der Waals surface area contributed by atoms with E-state index in [1.807, 2.05) is 10.3 Å². The predicted molar refractivity (Wildman–Crippen MR) is 75.6 cm³/mol. The molecule has 3 N–H and O–H groups in total. The number of hydrogen-bond donors (Lipinski definition) is 2. The fourth-order valence-electron chi connectivity index (χ4n) is 2.34. The van der Waals surface area contributed by atoms with Gasteiger partial charge in [-0.25, -0.2) is 10.2 Å². The molecule has 1 aromatic carbocycles. The maximum absolute atomic E-state index is 13.9. The van der Waals surface area contributed by atoms with E-state index in [2.05, 4.69) is 0 Å². The maximum atomic E-state index is 13.9. The highest BCUT2D eigenvalue weighted by atomic mass is 19.1. The average Bonchev–Trinajstić information content (AvgIpc) is 2.62. The van der Waals surface area contributed by atoms with E-state index in [4.69, 9.17) is 5.84 Å². The smallest absolute Gasteiger partial charge is 0.265 e. The Bertz CT molecular complexity index is 550. The van der Waals surface area contributed by atoms with Crippen molar-refractivity contribution in [1.82, 2.24) is 15.2 Å². The van der Waals surface area contributed by atoms with Gasteiger partial charge in [0.25, 0.3) is 5.91 Å². The van der Waals surface area contributed by atoms with E-state index in [0.717, 1.165) is 6.42 Å². The Balaban J connectivity index is 2.14. The van der Waals surface area contributed by atoms with Crippen molar-refractivity contribution in [3.63, 3.8) is 0 Å². The molecular weight excluding hydrogens is 275 g/mol. The highest BCUT2D eigenvalue weighted by Crippen LogP contribution is 2.15. The number of rotatable bonds is 3. The molecule has 0 bridgehead atoms. The Kier molecular flexibility index (Phi) is 4.87. The molecule has 1 heterocycles. The lowest BCUT2D eigenvalue weighted by molar-refractivity contribution is -0.130. The molecule has 1 aliphatic heterocycles. The van der Waals surface area contributed by atoms with Crippen LogP contribution in [0.5, 0.6) is 0 Å². The summed E-state index contributed by atoms with van der Waals surface area (Å²) >= 11 is 0. The molecule has 1 aliphatic rings. The van der Waals surface area contributed by atoms with Gasteiger partial charge in [-0.3, -0.25) is 19.9 Å². The second-order valence-electron chi connectivity index (χ2n) is 5.16. The molecule has 2 amide bonds. The molecule has 0 saturated carbocycles. The van der Waals surface area contributed by atoms with Gasteiger partial charge in [-0.05, 0) is 24.6 Å². The van der Waals surface area contributed by atoms with Crippen LogP contribution in [-0.4, -0.2) is 48.3 Å². The number of halogens is 1. The van der Waals surface area contributed by atoms with Gasteiger partial charge < -0.3 is 4.90 Å². The third-order valence-corrected chi connectivity index (χ3v) is 3.59. The van der Waals surface area contributed by atoms with Gasteiger partial charge in [0.05, 0.1) is 6.54 Å². The summed E-state index contributed by atoms with van der Waals surface area (Å²) in [6.07, 6.45) is 0.840. The number of benzene rings is 1. The topological polar surface area (TPSA) is 78.7 Å². The van der Waals surface area contributed by atoms with E-state index >= 15 is 0 Å². The first-order chi connectivity index (χ1) is 10.0. The van der Waals surface area contributed by atoms with Crippen molar-refractivity contribution in [1.29, 1.82) is 0 Å².